The molecule has 1 unspecified atom stereocenters. The van der Waals surface area contributed by atoms with Crippen LogP contribution in [0.2, 0.25) is 0 Å². The minimum absolute atomic E-state index is 0.00210. The molecule has 15 heavy (non-hydrogen) atoms. The van der Waals surface area contributed by atoms with Gasteiger partial charge < -0.3 is 16.8 Å². The van der Waals surface area contributed by atoms with Gasteiger partial charge in [0, 0.05) is 12.6 Å². The van der Waals surface area contributed by atoms with Crippen molar-refractivity contribution >= 4 is 11.6 Å². The zero-order valence-corrected chi connectivity index (χ0v) is 7.84. The van der Waals surface area contributed by atoms with Crippen LogP contribution in [0.3, 0.4) is 0 Å². The largest absolute Gasteiger partial charge is 0.381 e. The summed E-state index contributed by atoms with van der Waals surface area (Å²) in [5.74, 6) is -2.10. The maximum atomic E-state index is 13.0. The monoisotopic (exact) mass is 215 g/mol. The summed E-state index contributed by atoms with van der Waals surface area (Å²) in [5, 5.41) is 2.55. The van der Waals surface area contributed by atoms with Gasteiger partial charge in [0.1, 0.15) is 17.7 Å². The van der Waals surface area contributed by atoms with E-state index < -0.39 is 23.6 Å². The third kappa shape index (κ3) is 3.17. The molecule has 6 heteroatoms. The number of primary amides is 1. The molecule has 1 amide bonds. The second kappa shape index (κ2) is 4.70. The van der Waals surface area contributed by atoms with Gasteiger partial charge in [-0.3, -0.25) is 4.79 Å². The Labute approximate surface area is 85.2 Å². The van der Waals surface area contributed by atoms with Gasteiger partial charge >= 0.3 is 0 Å². The quantitative estimate of drug-likeness (QED) is 0.670. The van der Waals surface area contributed by atoms with E-state index in [0.717, 1.165) is 12.1 Å². The van der Waals surface area contributed by atoms with Gasteiger partial charge in [0.25, 0.3) is 0 Å². The number of hydrogen-bond acceptors (Lipinski definition) is 3. The molecule has 0 radical (unpaired) electrons. The second-order valence-corrected chi connectivity index (χ2v) is 3.01. The molecule has 0 aliphatic heterocycles. The van der Waals surface area contributed by atoms with Crippen molar-refractivity contribution in [3.05, 3.63) is 29.8 Å². The van der Waals surface area contributed by atoms with Crippen molar-refractivity contribution < 1.29 is 13.6 Å². The number of halogens is 2. The Kier molecular flexibility index (Phi) is 3.56. The van der Waals surface area contributed by atoms with Crippen molar-refractivity contribution in [1.29, 1.82) is 0 Å². The fraction of sp³-hybridized carbons (Fsp3) is 0.222. The van der Waals surface area contributed by atoms with E-state index in [2.05, 4.69) is 5.32 Å². The van der Waals surface area contributed by atoms with Crippen LogP contribution in [0.5, 0.6) is 0 Å². The molecular formula is C9H11F2N3O. The van der Waals surface area contributed by atoms with E-state index in [1.165, 1.54) is 6.07 Å². The summed E-state index contributed by atoms with van der Waals surface area (Å²) in [6.45, 7) is -0.00210. The summed E-state index contributed by atoms with van der Waals surface area (Å²) in [7, 11) is 0. The lowest BCUT2D eigenvalue weighted by Gasteiger charge is -2.10. The molecule has 0 saturated heterocycles. The van der Waals surface area contributed by atoms with Gasteiger partial charge in [0.15, 0.2) is 0 Å². The first kappa shape index (κ1) is 11.4. The van der Waals surface area contributed by atoms with Gasteiger partial charge in [-0.25, -0.2) is 8.78 Å². The number of amides is 1. The van der Waals surface area contributed by atoms with Gasteiger partial charge in [0.05, 0.1) is 5.69 Å². The first-order valence-corrected chi connectivity index (χ1v) is 4.24. The molecule has 0 heterocycles. The lowest BCUT2D eigenvalue weighted by atomic mass is 10.2. The van der Waals surface area contributed by atoms with Crippen LogP contribution in [0.1, 0.15) is 0 Å². The van der Waals surface area contributed by atoms with Gasteiger partial charge in [0.2, 0.25) is 5.91 Å². The fourth-order valence-corrected chi connectivity index (χ4v) is 0.953. The highest BCUT2D eigenvalue weighted by molar-refractivity contribution is 5.80. The highest BCUT2D eigenvalue weighted by Gasteiger charge is 2.10. The van der Waals surface area contributed by atoms with Crippen LogP contribution in [-0.2, 0) is 4.79 Å². The average Bonchev–Trinajstić information content (AvgIpc) is 2.15. The Morgan fingerprint density at radius 2 is 2.13 bits per heavy atom. The van der Waals surface area contributed by atoms with Crippen molar-refractivity contribution in [2.24, 2.45) is 11.5 Å². The molecule has 0 aromatic heterocycles. The Balaban J connectivity index is 2.62. The highest BCUT2D eigenvalue weighted by atomic mass is 19.1. The van der Waals surface area contributed by atoms with E-state index in [1.54, 1.807) is 0 Å². The van der Waals surface area contributed by atoms with Gasteiger partial charge in [-0.2, -0.15) is 0 Å². The summed E-state index contributed by atoms with van der Waals surface area (Å²) in [5.41, 5.74) is 10.3. The molecule has 0 fully saturated rings. The zero-order valence-electron chi connectivity index (χ0n) is 7.84. The summed E-state index contributed by atoms with van der Waals surface area (Å²) in [6, 6.07) is 2.15. The predicted molar refractivity (Wildman–Crippen MR) is 52.0 cm³/mol. The number of nitrogens with one attached hydrogen (secondary N) is 1. The Bertz CT molecular complexity index is 370. The molecule has 1 rings (SSSR count). The van der Waals surface area contributed by atoms with E-state index in [9.17, 15) is 13.6 Å². The molecule has 0 saturated carbocycles. The van der Waals surface area contributed by atoms with E-state index in [4.69, 9.17) is 11.5 Å². The van der Waals surface area contributed by atoms with Crippen molar-refractivity contribution in [2.45, 2.75) is 6.04 Å². The fourth-order valence-electron chi connectivity index (χ4n) is 0.953. The van der Waals surface area contributed by atoms with Crippen LogP contribution < -0.4 is 16.8 Å². The molecule has 0 aliphatic rings. The Morgan fingerprint density at radius 3 is 2.67 bits per heavy atom. The van der Waals surface area contributed by atoms with Crippen LogP contribution in [0, 0.1) is 11.6 Å². The van der Waals surface area contributed by atoms with Crippen molar-refractivity contribution in [3.63, 3.8) is 0 Å². The van der Waals surface area contributed by atoms with Crippen LogP contribution in [0.15, 0.2) is 18.2 Å². The van der Waals surface area contributed by atoms with Gasteiger partial charge in [-0.05, 0) is 12.1 Å². The number of carbonyl (C=O) groups excluding carboxylic acids is 1. The molecule has 0 spiro atoms. The van der Waals surface area contributed by atoms with Crippen LogP contribution in [0.4, 0.5) is 14.5 Å². The maximum Gasteiger partial charge on any atom is 0.236 e. The molecule has 0 bridgehead atoms. The molecule has 1 aromatic carbocycles. The third-order valence-corrected chi connectivity index (χ3v) is 1.81. The Morgan fingerprint density at radius 1 is 1.47 bits per heavy atom. The van der Waals surface area contributed by atoms with Crippen LogP contribution in [-0.4, -0.2) is 18.5 Å². The summed E-state index contributed by atoms with van der Waals surface area (Å²) in [6.07, 6.45) is 0. The predicted octanol–water partition coefficient (Wildman–Crippen LogP) is 0.189. The molecule has 82 valence electrons. The zero-order chi connectivity index (χ0) is 11.4. The van der Waals surface area contributed by atoms with Crippen molar-refractivity contribution in [3.8, 4) is 0 Å². The minimum Gasteiger partial charge on any atom is -0.381 e. The second-order valence-electron chi connectivity index (χ2n) is 3.01. The number of nitrogens with two attached hydrogens (primary N) is 2. The van der Waals surface area contributed by atoms with Crippen LogP contribution >= 0.6 is 0 Å². The normalized spacial score (nSPS) is 12.2. The lowest BCUT2D eigenvalue weighted by molar-refractivity contribution is -0.118. The number of hydrogen-bond donors (Lipinski definition) is 3. The topological polar surface area (TPSA) is 81.1 Å². The minimum atomic E-state index is -0.908. The summed E-state index contributed by atoms with van der Waals surface area (Å²) in [4.78, 5) is 10.6. The first-order valence-electron chi connectivity index (χ1n) is 4.24. The molecule has 4 nitrogen and oxygen atoms in total. The standard InChI is InChI=1S/C9H11F2N3O/c10-5-1-2-8(6(11)3-5)14-4-7(12)9(13)15/h1-3,7,14H,4,12H2,(H2,13,15). The lowest BCUT2D eigenvalue weighted by Crippen LogP contribution is -2.41. The first-order chi connectivity index (χ1) is 7.00. The van der Waals surface area contributed by atoms with E-state index in [0.29, 0.717) is 0 Å². The third-order valence-electron chi connectivity index (χ3n) is 1.81. The molecule has 5 N–H and O–H groups in total. The maximum absolute atomic E-state index is 13.0. The number of anilines is 1. The number of benzene rings is 1. The molecule has 0 aliphatic carbocycles. The number of carbonyl (C=O) groups is 1. The SMILES string of the molecule is NC(=O)C(N)CNc1ccc(F)cc1F. The van der Waals surface area contributed by atoms with Crippen molar-refractivity contribution in [2.75, 3.05) is 11.9 Å². The van der Waals surface area contributed by atoms with Gasteiger partial charge in [-0.1, -0.05) is 0 Å². The summed E-state index contributed by atoms with van der Waals surface area (Å²) >= 11 is 0. The smallest absolute Gasteiger partial charge is 0.236 e. The highest BCUT2D eigenvalue weighted by Crippen LogP contribution is 2.14. The average molecular weight is 215 g/mol. The van der Waals surface area contributed by atoms with Crippen LogP contribution in [0.25, 0.3) is 0 Å². The van der Waals surface area contributed by atoms with E-state index in [1.807, 2.05) is 0 Å². The van der Waals surface area contributed by atoms with Crippen molar-refractivity contribution in [1.82, 2.24) is 0 Å². The van der Waals surface area contributed by atoms with E-state index in [-0.39, 0.29) is 12.2 Å². The summed E-state index contributed by atoms with van der Waals surface area (Å²) < 4.78 is 25.6. The number of rotatable bonds is 4. The molecule has 1 atom stereocenters. The van der Waals surface area contributed by atoms with Gasteiger partial charge in [-0.15, -0.1) is 0 Å². The van der Waals surface area contributed by atoms with E-state index >= 15 is 0 Å². The Hall–Kier alpha value is -1.69. The molecule has 1 aromatic rings. The molecular weight excluding hydrogens is 204 g/mol.